The summed E-state index contributed by atoms with van der Waals surface area (Å²) in [6, 6.07) is -0.994. The quantitative estimate of drug-likeness (QED) is 0.0321. The van der Waals surface area contributed by atoms with Crippen LogP contribution in [-0.2, 0) is 33.2 Å². The molecule has 0 bridgehead atoms. The molecule has 68 heavy (non-hydrogen) atoms. The van der Waals surface area contributed by atoms with E-state index in [2.05, 4.69) is 36.5 Å². The molecule has 17 atom stereocenters. The molecule has 3 aliphatic heterocycles. The van der Waals surface area contributed by atoms with Crippen LogP contribution < -0.4 is 5.32 Å². The molecule has 396 valence electrons. The smallest absolute Gasteiger partial charge is 0.217 e. The molecule has 3 aliphatic rings. The second-order valence-electron chi connectivity index (χ2n) is 18.4. The number of hydrogen-bond acceptors (Lipinski definition) is 18. The maximum Gasteiger partial charge on any atom is 0.217 e. The Morgan fingerprint density at radius 3 is 1.38 bits per heavy atom. The predicted octanol–water partition coefficient (Wildman–Crippen LogP) is 1.42. The average Bonchev–Trinajstić information content (AvgIpc) is 3.33. The summed E-state index contributed by atoms with van der Waals surface area (Å²) in [5.41, 5.74) is 0. The van der Waals surface area contributed by atoms with Crippen LogP contribution in [0.1, 0.15) is 136 Å². The van der Waals surface area contributed by atoms with Gasteiger partial charge in [-0.3, -0.25) is 4.79 Å². The third-order valence-electron chi connectivity index (χ3n) is 12.7. The van der Waals surface area contributed by atoms with Crippen molar-refractivity contribution < 1.29 is 89.4 Å². The summed E-state index contributed by atoms with van der Waals surface area (Å²) >= 11 is 0. The molecule has 1 amide bonds. The maximum absolute atomic E-state index is 12.0. The molecular formula is C49H87NO18. The molecule has 0 aromatic rings. The third kappa shape index (κ3) is 20.6. The molecule has 0 radical (unpaired) electrons. The number of nitrogens with one attached hydrogen (secondary N) is 1. The zero-order chi connectivity index (χ0) is 49.8. The van der Waals surface area contributed by atoms with E-state index in [0.717, 1.165) is 25.7 Å². The Kier molecular flexibility index (Phi) is 30.5. The number of aliphatic hydroxyl groups is 11. The van der Waals surface area contributed by atoms with Gasteiger partial charge in [-0.1, -0.05) is 127 Å². The summed E-state index contributed by atoms with van der Waals surface area (Å²) in [5, 5.41) is 118. The molecular weight excluding hydrogens is 891 g/mol. The Balaban J connectivity index is 1.36. The van der Waals surface area contributed by atoms with Crippen LogP contribution in [0.5, 0.6) is 0 Å². The molecule has 3 heterocycles. The van der Waals surface area contributed by atoms with Gasteiger partial charge >= 0.3 is 0 Å². The van der Waals surface area contributed by atoms with Crippen molar-refractivity contribution in [3.05, 3.63) is 36.5 Å². The third-order valence-corrected chi connectivity index (χ3v) is 12.7. The van der Waals surface area contributed by atoms with E-state index in [9.17, 15) is 61.0 Å². The van der Waals surface area contributed by atoms with Gasteiger partial charge in [-0.25, -0.2) is 0 Å². The number of allylic oxidation sites excluding steroid dienone is 5. The highest BCUT2D eigenvalue weighted by atomic mass is 16.8. The number of rotatable bonds is 34. The van der Waals surface area contributed by atoms with Crippen molar-refractivity contribution in [1.29, 1.82) is 0 Å². The van der Waals surface area contributed by atoms with Gasteiger partial charge in [0, 0.05) is 6.92 Å². The maximum atomic E-state index is 12.0. The summed E-state index contributed by atoms with van der Waals surface area (Å²) < 4.78 is 33.6. The molecule has 0 aromatic carbocycles. The number of aliphatic hydroxyl groups excluding tert-OH is 11. The summed E-state index contributed by atoms with van der Waals surface area (Å²) in [6.07, 6.45) is 8.63. The van der Waals surface area contributed by atoms with Crippen LogP contribution in [0.15, 0.2) is 36.5 Å². The topological polar surface area (TPSA) is 307 Å². The number of unbranched alkanes of at least 4 members (excludes halogenated alkanes) is 16. The van der Waals surface area contributed by atoms with Crippen LogP contribution in [0, 0.1) is 0 Å². The first kappa shape index (κ1) is 60.3. The highest BCUT2D eigenvalue weighted by Gasteiger charge is 2.53. The highest BCUT2D eigenvalue weighted by Crippen LogP contribution is 2.33. The lowest BCUT2D eigenvalue weighted by Gasteiger charge is -2.48. The molecule has 0 aromatic heterocycles. The molecule has 3 saturated heterocycles. The molecule has 19 nitrogen and oxygen atoms in total. The number of carbonyl (C=O) groups excluding carboxylic acids is 1. The molecule has 0 saturated carbocycles. The van der Waals surface area contributed by atoms with E-state index < -0.39 is 130 Å². The van der Waals surface area contributed by atoms with Gasteiger partial charge in [0.15, 0.2) is 18.9 Å². The van der Waals surface area contributed by atoms with Gasteiger partial charge in [0.05, 0.1) is 38.6 Å². The van der Waals surface area contributed by atoms with E-state index in [1.54, 1.807) is 6.08 Å². The Bertz CT molecular complexity index is 1400. The zero-order valence-electron chi connectivity index (χ0n) is 40.3. The minimum atomic E-state index is -1.98. The van der Waals surface area contributed by atoms with Gasteiger partial charge in [-0.2, -0.15) is 0 Å². The lowest BCUT2D eigenvalue weighted by Crippen LogP contribution is -2.66. The first-order chi connectivity index (χ1) is 32.8. The van der Waals surface area contributed by atoms with E-state index >= 15 is 0 Å². The molecule has 12 N–H and O–H groups in total. The van der Waals surface area contributed by atoms with Crippen LogP contribution in [0.25, 0.3) is 0 Å². The zero-order valence-corrected chi connectivity index (χ0v) is 40.3. The summed E-state index contributed by atoms with van der Waals surface area (Å²) in [4.78, 5) is 12.0. The van der Waals surface area contributed by atoms with Crippen LogP contribution in [0.4, 0.5) is 0 Å². The Hall–Kier alpha value is -1.99. The lowest BCUT2D eigenvalue weighted by atomic mass is 9.96. The van der Waals surface area contributed by atoms with Gasteiger partial charge in [0.25, 0.3) is 0 Å². The van der Waals surface area contributed by atoms with E-state index in [4.69, 9.17) is 28.4 Å². The first-order valence-electron chi connectivity index (χ1n) is 25.2. The largest absolute Gasteiger partial charge is 0.394 e. The van der Waals surface area contributed by atoms with Crippen molar-refractivity contribution in [2.45, 2.75) is 240 Å². The van der Waals surface area contributed by atoms with Crippen molar-refractivity contribution in [3.8, 4) is 0 Å². The molecule has 19 heteroatoms. The summed E-state index contributed by atoms with van der Waals surface area (Å²) in [7, 11) is 0. The highest BCUT2D eigenvalue weighted by molar-refractivity contribution is 5.73. The van der Waals surface area contributed by atoms with Gasteiger partial charge < -0.3 is 89.9 Å². The van der Waals surface area contributed by atoms with E-state index in [0.29, 0.717) is 6.42 Å². The van der Waals surface area contributed by atoms with Crippen LogP contribution >= 0.6 is 0 Å². The first-order valence-corrected chi connectivity index (χ1v) is 25.2. The minimum absolute atomic E-state index is 0.388. The van der Waals surface area contributed by atoms with Crippen molar-refractivity contribution in [2.24, 2.45) is 0 Å². The summed E-state index contributed by atoms with van der Waals surface area (Å²) in [6.45, 7) is 0.699. The van der Waals surface area contributed by atoms with Gasteiger partial charge in [0.1, 0.15) is 73.2 Å². The van der Waals surface area contributed by atoms with Crippen LogP contribution in [-0.4, -0.2) is 193 Å². The normalized spacial score (nSPS) is 33.5. The van der Waals surface area contributed by atoms with Crippen molar-refractivity contribution in [1.82, 2.24) is 5.32 Å². The molecule has 17 unspecified atom stereocenters. The minimum Gasteiger partial charge on any atom is -0.394 e. The van der Waals surface area contributed by atoms with Gasteiger partial charge in [-0.15, -0.1) is 0 Å². The second-order valence-corrected chi connectivity index (χ2v) is 18.4. The van der Waals surface area contributed by atoms with Gasteiger partial charge in [-0.05, 0) is 38.5 Å². The van der Waals surface area contributed by atoms with E-state index in [1.807, 2.05) is 0 Å². The molecule has 3 rings (SSSR count). The number of amides is 1. The SMILES string of the molecule is CCCCCCCCCCCCCCCC/C=C/CC/C=C/CC/C=C/C(O)C(COC1OC(CO)C(OC2OC(CO)C(OC3OC(CO)C(O)C(O)C3O)C(O)C2O)C(O)C1O)NC(C)=O. The predicted molar refractivity (Wildman–Crippen MR) is 249 cm³/mol. The molecule has 0 aliphatic carbocycles. The lowest BCUT2D eigenvalue weighted by molar-refractivity contribution is -0.379. The Morgan fingerprint density at radius 1 is 0.515 bits per heavy atom. The van der Waals surface area contributed by atoms with E-state index in [-0.39, 0.29) is 6.61 Å². The fourth-order valence-electron chi connectivity index (χ4n) is 8.55. The number of carbonyl (C=O) groups is 1. The second kappa shape index (κ2) is 34.4. The number of ether oxygens (including phenoxy) is 6. The van der Waals surface area contributed by atoms with E-state index in [1.165, 1.54) is 103 Å². The summed E-state index contributed by atoms with van der Waals surface area (Å²) in [5.74, 6) is -0.468. The fourth-order valence-corrected chi connectivity index (χ4v) is 8.55. The van der Waals surface area contributed by atoms with Crippen LogP contribution in [0.2, 0.25) is 0 Å². The van der Waals surface area contributed by atoms with Crippen LogP contribution in [0.3, 0.4) is 0 Å². The standard InChI is InChI=1S/C49H87NO18/c1-3-4-5-6-7-8-9-10-11-12-13-14-15-16-17-18-19-20-21-22-23-24-25-26-27-34(55)33(50-32(2)54)31-63-47-43(61)40(58)45(36(29-52)65-47)68-49-44(62)41(59)46(37(30-53)66-49)67-48-42(60)39(57)38(56)35(28-51)64-48/h18-19,22-23,26-27,33-49,51-53,55-62H,3-17,20-21,24-25,28-31H2,1-2H3,(H,50,54)/b19-18+,23-22+,27-26+. The molecule has 3 fully saturated rings. The Morgan fingerprint density at radius 2 is 0.912 bits per heavy atom. The van der Waals surface area contributed by atoms with Crippen molar-refractivity contribution in [2.75, 3.05) is 26.4 Å². The fraction of sp³-hybridized carbons (Fsp3) is 0.857. The average molecular weight is 978 g/mol. The van der Waals surface area contributed by atoms with Gasteiger partial charge in [0.2, 0.25) is 5.91 Å². The van der Waals surface area contributed by atoms with Crippen molar-refractivity contribution in [3.63, 3.8) is 0 Å². The molecule has 0 spiro atoms. The number of hydrogen-bond donors (Lipinski definition) is 12. The Labute approximate surface area is 402 Å². The van der Waals surface area contributed by atoms with Crippen molar-refractivity contribution >= 4 is 5.91 Å². The monoisotopic (exact) mass is 978 g/mol.